The van der Waals surface area contributed by atoms with Gasteiger partial charge in [0.1, 0.15) is 0 Å². The molecule has 0 atom stereocenters. The Morgan fingerprint density at radius 2 is 1.80 bits per heavy atom. The van der Waals surface area contributed by atoms with Crippen LogP contribution in [0.5, 0.6) is 0 Å². The largest absolute Gasteiger partial charge is 0.0699 e. The lowest BCUT2D eigenvalue weighted by molar-refractivity contribution is 1.35. The van der Waals surface area contributed by atoms with Gasteiger partial charge in [0, 0.05) is 5.56 Å². The fourth-order valence-corrected chi connectivity index (χ4v) is 0.540. The number of aryl methyl sites for hydroxylation is 1. The van der Waals surface area contributed by atoms with Gasteiger partial charge in [-0.15, -0.1) is 0 Å². The van der Waals surface area contributed by atoms with Crippen LogP contribution in [0, 0.1) is 26.0 Å². The Bertz CT molecular complexity index is 156. The smallest absolute Gasteiger partial charge is 0.00222 e. The second-order valence-corrected chi connectivity index (χ2v) is 1.91. The fraction of sp³-hybridized carbons (Fsp3) is 0.400. The maximum Gasteiger partial charge on any atom is 0.00222 e. The van der Waals surface area contributed by atoms with Crippen molar-refractivity contribution in [2.75, 3.05) is 0 Å². The molecular weight excluding hydrogens is 120 g/mol. The summed E-state index contributed by atoms with van der Waals surface area (Å²) in [5, 5.41) is 0. The van der Waals surface area contributed by atoms with Crippen molar-refractivity contribution in [3.63, 3.8) is 0 Å². The van der Waals surface area contributed by atoms with Gasteiger partial charge in [-0.3, -0.25) is 0 Å². The van der Waals surface area contributed by atoms with Gasteiger partial charge in [-0.25, -0.2) is 0 Å². The van der Waals surface area contributed by atoms with Gasteiger partial charge < -0.3 is 0 Å². The van der Waals surface area contributed by atoms with E-state index in [0.717, 1.165) is 0 Å². The Kier molecular flexibility index (Phi) is 4.41. The average molecular weight is 134 g/mol. The Morgan fingerprint density at radius 1 is 1.20 bits per heavy atom. The van der Waals surface area contributed by atoms with Crippen molar-refractivity contribution < 1.29 is 0 Å². The molecule has 1 aromatic rings. The van der Waals surface area contributed by atoms with E-state index in [1.165, 1.54) is 11.1 Å². The number of hydrogen-bond acceptors (Lipinski definition) is 0. The van der Waals surface area contributed by atoms with Crippen LogP contribution in [0.4, 0.5) is 0 Å². The third kappa shape index (κ3) is 2.55. The molecule has 0 amide bonds. The summed E-state index contributed by atoms with van der Waals surface area (Å²) in [7, 11) is 0. The molecule has 0 spiro atoms. The molecule has 0 nitrogen and oxygen atoms in total. The van der Waals surface area contributed by atoms with Crippen molar-refractivity contribution in [3.8, 4) is 0 Å². The average Bonchev–Trinajstić information content (AvgIpc) is 2.00. The lowest BCUT2D eigenvalue weighted by Crippen LogP contribution is -1.72. The molecule has 0 N–H and O–H groups in total. The Balaban J connectivity index is 0.000000371. The zero-order chi connectivity index (χ0) is 7.98. The van der Waals surface area contributed by atoms with Crippen LogP contribution < -0.4 is 0 Å². The van der Waals surface area contributed by atoms with Crippen LogP contribution in [-0.2, 0) is 0 Å². The minimum Gasteiger partial charge on any atom is -0.0699 e. The SMILES string of the molecule is CC.Cc1c#cccc1C. The van der Waals surface area contributed by atoms with Crippen molar-refractivity contribution in [1.29, 1.82) is 0 Å². The van der Waals surface area contributed by atoms with Crippen molar-refractivity contribution >= 4 is 0 Å². The maximum absolute atomic E-state index is 2.97. The molecule has 0 saturated carbocycles. The van der Waals surface area contributed by atoms with E-state index >= 15 is 0 Å². The zero-order valence-electron chi connectivity index (χ0n) is 7.15. The standard InChI is InChI=1S/C8H8.C2H6/c1-7-5-3-4-6-8(7)2;1-2/h3,5H,1-2H3;1-2H3. The van der Waals surface area contributed by atoms with Crippen LogP contribution in [-0.4, -0.2) is 0 Å². The second-order valence-electron chi connectivity index (χ2n) is 1.91. The van der Waals surface area contributed by atoms with Crippen LogP contribution in [0.2, 0.25) is 0 Å². The Morgan fingerprint density at radius 3 is 2.10 bits per heavy atom. The van der Waals surface area contributed by atoms with Crippen LogP contribution >= 0.6 is 0 Å². The van der Waals surface area contributed by atoms with Crippen LogP contribution in [0.15, 0.2) is 12.1 Å². The van der Waals surface area contributed by atoms with Gasteiger partial charge in [0.05, 0.1) is 0 Å². The molecule has 0 heteroatoms. The van der Waals surface area contributed by atoms with E-state index in [0.29, 0.717) is 0 Å². The topological polar surface area (TPSA) is 0 Å². The first-order valence-corrected chi connectivity index (χ1v) is 3.66. The van der Waals surface area contributed by atoms with Crippen molar-refractivity contribution in [2.45, 2.75) is 27.7 Å². The minimum absolute atomic E-state index is 1.19. The molecule has 0 bridgehead atoms. The quantitative estimate of drug-likeness (QED) is 0.511. The molecule has 0 saturated heterocycles. The summed E-state index contributed by atoms with van der Waals surface area (Å²) in [4.78, 5) is 0. The first kappa shape index (κ1) is 9.04. The van der Waals surface area contributed by atoms with Gasteiger partial charge in [0.15, 0.2) is 0 Å². The molecule has 0 aliphatic carbocycles. The lowest BCUT2D eigenvalue weighted by atomic mass is 10.2. The van der Waals surface area contributed by atoms with Gasteiger partial charge in [-0.1, -0.05) is 32.0 Å². The van der Waals surface area contributed by atoms with Crippen LogP contribution in [0.25, 0.3) is 0 Å². The third-order valence-electron chi connectivity index (χ3n) is 1.27. The first-order chi connectivity index (χ1) is 4.80. The number of hydrogen-bond donors (Lipinski definition) is 0. The predicted molar refractivity (Wildman–Crippen MR) is 44.9 cm³/mol. The molecule has 0 unspecified atom stereocenters. The molecule has 0 aliphatic heterocycles. The molecular formula is C10H14. The van der Waals surface area contributed by atoms with Gasteiger partial charge >= 0.3 is 0 Å². The summed E-state index contributed by atoms with van der Waals surface area (Å²) in [6.45, 7) is 8.10. The monoisotopic (exact) mass is 134 g/mol. The molecule has 0 aliphatic rings. The van der Waals surface area contributed by atoms with Crippen LogP contribution in [0.1, 0.15) is 25.0 Å². The van der Waals surface area contributed by atoms with E-state index in [2.05, 4.69) is 19.1 Å². The fourth-order valence-electron chi connectivity index (χ4n) is 0.540. The first-order valence-electron chi connectivity index (χ1n) is 3.66. The van der Waals surface area contributed by atoms with E-state index in [4.69, 9.17) is 0 Å². The molecule has 54 valence electrons. The molecule has 0 fully saturated rings. The number of rotatable bonds is 0. The summed E-state index contributed by atoms with van der Waals surface area (Å²) in [5.41, 5.74) is 2.47. The normalized spacial score (nSPS) is 7.20. The van der Waals surface area contributed by atoms with Crippen molar-refractivity contribution in [2.24, 2.45) is 0 Å². The highest BCUT2D eigenvalue weighted by Gasteiger charge is 1.82. The molecule has 0 radical (unpaired) electrons. The summed E-state index contributed by atoms with van der Waals surface area (Å²) in [6, 6.07) is 9.76. The predicted octanol–water partition coefficient (Wildman–Crippen LogP) is 2.93. The Labute approximate surface area is 63.9 Å². The van der Waals surface area contributed by atoms with E-state index < -0.39 is 0 Å². The minimum atomic E-state index is 1.19. The van der Waals surface area contributed by atoms with Crippen molar-refractivity contribution in [3.05, 3.63) is 35.4 Å². The second kappa shape index (κ2) is 4.88. The van der Waals surface area contributed by atoms with Crippen molar-refractivity contribution in [1.82, 2.24) is 0 Å². The van der Waals surface area contributed by atoms with Gasteiger partial charge in [0.2, 0.25) is 0 Å². The van der Waals surface area contributed by atoms with E-state index in [1.54, 1.807) is 0 Å². The van der Waals surface area contributed by atoms with Gasteiger partial charge in [-0.05, 0) is 25.5 Å². The van der Waals surface area contributed by atoms with E-state index in [9.17, 15) is 0 Å². The summed E-state index contributed by atoms with van der Waals surface area (Å²) in [5.74, 6) is 0. The molecule has 10 heavy (non-hydrogen) atoms. The molecule has 0 aromatic heterocycles. The van der Waals surface area contributed by atoms with Crippen LogP contribution in [0.3, 0.4) is 0 Å². The maximum atomic E-state index is 2.97. The molecule has 1 rings (SSSR count). The third-order valence-corrected chi connectivity index (χ3v) is 1.27. The van der Waals surface area contributed by atoms with E-state index in [1.807, 2.05) is 32.9 Å². The van der Waals surface area contributed by atoms with Gasteiger partial charge in [-0.2, -0.15) is 0 Å². The highest BCUT2D eigenvalue weighted by atomic mass is 13.9. The highest BCUT2D eigenvalue weighted by Crippen LogP contribution is 1.98. The van der Waals surface area contributed by atoms with E-state index in [-0.39, 0.29) is 0 Å². The molecule has 1 aromatic carbocycles. The molecule has 0 heterocycles. The summed E-state index contributed by atoms with van der Waals surface area (Å²) < 4.78 is 0. The summed E-state index contributed by atoms with van der Waals surface area (Å²) in [6.07, 6.45) is 0. The Hall–Kier alpha value is -0.960. The summed E-state index contributed by atoms with van der Waals surface area (Å²) >= 11 is 0. The zero-order valence-corrected chi connectivity index (χ0v) is 7.15. The lowest BCUT2D eigenvalue weighted by Gasteiger charge is -1.88. The van der Waals surface area contributed by atoms with Gasteiger partial charge in [0.25, 0.3) is 0 Å². The highest BCUT2D eigenvalue weighted by molar-refractivity contribution is 5.18.